The number of halogens is 4. The number of rotatable bonds is 11. The minimum absolute atomic E-state index is 0.0500. The number of methoxy groups -OCH3 is 2. The Labute approximate surface area is 355 Å². The van der Waals surface area contributed by atoms with Gasteiger partial charge in [0.2, 0.25) is 0 Å². The number of primary amides is 2. The van der Waals surface area contributed by atoms with E-state index >= 15 is 0 Å². The van der Waals surface area contributed by atoms with Gasteiger partial charge < -0.3 is 46.6 Å². The van der Waals surface area contributed by atoms with Crippen molar-refractivity contribution in [1.82, 2.24) is 19.9 Å². The fraction of sp³-hybridized carbons (Fsp3) is 0.100. The molecule has 8 N–H and O–H groups in total. The first-order valence-electron chi connectivity index (χ1n) is 17.1. The van der Waals surface area contributed by atoms with Crippen molar-refractivity contribution in [2.75, 3.05) is 25.3 Å². The molecule has 61 heavy (non-hydrogen) atoms. The molecule has 6 aromatic rings. The van der Waals surface area contributed by atoms with Gasteiger partial charge in [-0.3, -0.25) is 24.4 Å². The van der Waals surface area contributed by atoms with Gasteiger partial charge in [-0.1, -0.05) is 35.3 Å². The van der Waals surface area contributed by atoms with Crippen LogP contribution < -0.4 is 41.5 Å². The summed E-state index contributed by atoms with van der Waals surface area (Å²) in [6, 6.07) is 17.3. The Hall–Kier alpha value is -7.64. The van der Waals surface area contributed by atoms with E-state index in [1.807, 2.05) is 0 Å². The van der Waals surface area contributed by atoms with Gasteiger partial charge >= 0.3 is 5.97 Å². The minimum atomic E-state index is -1.42. The first-order chi connectivity index (χ1) is 28.9. The minimum Gasteiger partial charge on any atom is -0.478 e. The lowest BCUT2D eigenvalue weighted by molar-refractivity contribution is 0.0687. The molecule has 0 saturated heterocycles. The Balaban J connectivity index is 0.000000228. The van der Waals surface area contributed by atoms with E-state index in [0.717, 1.165) is 0 Å². The van der Waals surface area contributed by atoms with Gasteiger partial charge in [0.15, 0.2) is 11.5 Å². The number of aryl methyl sites for hydroxylation is 2. The highest BCUT2D eigenvalue weighted by atomic mass is 35.5. The fourth-order valence-corrected chi connectivity index (χ4v) is 5.10. The maximum Gasteiger partial charge on any atom is 0.342 e. The number of benzene rings is 2. The molecule has 0 saturated carbocycles. The van der Waals surface area contributed by atoms with Crippen molar-refractivity contribution in [3.63, 3.8) is 0 Å². The van der Waals surface area contributed by atoms with Crippen LogP contribution in [0.25, 0.3) is 0 Å². The molecule has 316 valence electrons. The highest BCUT2D eigenvalue weighted by molar-refractivity contribution is 6.29. The first-order valence-corrected chi connectivity index (χ1v) is 17.9. The van der Waals surface area contributed by atoms with Crippen LogP contribution in [0.2, 0.25) is 10.3 Å². The Kier molecular flexibility index (Phi) is 15.8. The summed E-state index contributed by atoms with van der Waals surface area (Å²) in [6.07, 6.45) is 2.74. The quantitative estimate of drug-likeness (QED) is 0.0808. The number of hydrogen-bond acceptors (Lipinski definition) is 13. The zero-order chi connectivity index (χ0) is 45.0. The molecule has 0 spiro atoms. The number of carboxylic acid groups (broad SMARTS) is 1. The van der Waals surface area contributed by atoms with E-state index < -0.39 is 40.9 Å². The number of carbonyl (C=O) groups excluding carboxylic acids is 3. The second kappa shape index (κ2) is 20.9. The topological polar surface area (TPSA) is 267 Å². The van der Waals surface area contributed by atoms with Crippen LogP contribution in [0.15, 0.2) is 85.2 Å². The third-order valence-electron chi connectivity index (χ3n) is 7.75. The zero-order valence-electron chi connectivity index (χ0n) is 32.3. The fourth-order valence-electron chi connectivity index (χ4n) is 4.82. The first kappa shape index (κ1) is 46.1. The molecule has 21 heteroatoms. The summed E-state index contributed by atoms with van der Waals surface area (Å²) in [5.74, 6) is -4.97. The summed E-state index contributed by atoms with van der Waals surface area (Å²) in [7, 11) is 2.73. The van der Waals surface area contributed by atoms with Gasteiger partial charge in [-0.15, -0.1) is 0 Å². The summed E-state index contributed by atoms with van der Waals surface area (Å²) < 4.78 is 50.0. The van der Waals surface area contributed by atoms with Crippen molar-refractivity contribution in [2.45, 2.75) is 13.8 Å². The van der Waals surface area contributed by atoms with E-state index in [2.05, 4.69) is 25.3 Å². The van der Waals surface area contributed by atoms with E-state index in [4.69, 9.17) is 64.5 Å². The number of pyridine rings is 4. The van der Waals surface area contributed by atoms with Crippen LogP contribution in [-0.4, -0.2) is 63.0 Å². The van der Waals surface area contributed by atoms with Crippen molar-refractivity contribution < 1.29 is 52.0 Å². The molecular weight excluding hydrogens is 845 g/mol. The smallest absolute Gasteiger partial charge is 0.342 e. The molecule has 17 nitrogen and oxygen atoms in total. The highest BCUT2D eigenvalue weighted by Gasteiger charge is 2.23. The SMILES string of the molecule is COc1nc(Cl)ccc1Oc1ccc(C)c(F)c1C(=O)Nc1ccnc(C(N)=O)c1.COc1nc(Cl)ccc1Oc1ccc(C)c(F)c1C(=O)O.NC(=O)c1cc(N)ccn1. The van der Waals surface area contributed by atoms with E-state index in [1.54, 1.807) is 6.07 Å². The number of aromatic nitrogens is 4. The molecule has 0 aliphatic heterocycles. The molecule has 4 heterocycles. The van der Waals surface area contributed by atoms with Crippen molar-refractivity contribution in [2.24, 2.45) is 11.5 Å². The molecule has 0 unspecified atom stereocenters. The van der Waals surface area contributed by atoms with Crippen LogP contribution in [0.1, 0.15) is 52.8 Å². The predicted molar refractivity (Wildman–Crippen MR) is 219 cm³/mol. The molecule has 0 bridgehead atoms. The average molecular weight is 880 g/mol. The second-order valence-electron chi connectivity index (χ2n) is 12.0. The number of carbonyl (C=O) groups is 4. The van der Waals surface area contributed by atoms with Crippen LogP contribution in [0.3, 0.4) is 0 Å². The molecule has 0 atom stereocenters. The van der Waals surface area contributed by atoms with E-state index in [9.17, 15) is 28.0 Å². The van der Waals surface area contributed by atoms with Gasteiger partial charge in [0.05, 0.1) is 14.2 Å². The van der Waals surface area contributed by atoms with Crippen LogP contribution in [0.4, 0.5) is 20.2 Å². The average Bonchev–Trinajstić information content (AvgIpc) is 3.22. The molecule has 4 aromatic heterocycles. The number of nitrogens with zero attached hydrogens (tertiary/aromatic N) is 4. The van der Waals surface area contributed by atoms with Gasteiger partial charge in [0.1, 0.15) is 56.0 Å². The van der Waals surface area contributed by atoms with Crippen molar-refractivity contribution in [3.8, 4) is 34.8 Å². The highest BCUT2D eigenvalue weighted by Crippen LogP contribution is 2.36. The lowest BCUT2D eigenvalue weighted by atomic mass is 10.1. The molecule has 6 rings (SSSR count). The Morgan fingerprint density at radius 3 is 1.54 bits per heavy atom. The monoisotopic (exact) mass is 878 g/mol. The largest absolute Gasteiger partial charge is 0.478 e. The van der Waals surface area contributed by atoms with Gasteiger partial charge in [0, 0.05) is 23.8 Å². The number of anilines is 2. The molecular formula is C40H34Cl2F2N8O9. The zero-order valence-corrected chi connectivity index (χ0v) is 33.8. The second-order valence-corrected chi connectivity index (χ2v) is 12.8. The van der Waals surface area contributed by atoms with Crippen LogP contribution in [0.5, 0.6) is 34.8 Å². The molecule has 3 amide bonds. The summed E-state index contributed by atoms with van der Waals surface area (Å²) in [5, 5.41) is 12.0. The van der Waals surface area contributed by atoms with Crippen molar-refractivity contribution in [1.29, 1.82) is 0 Å². The summed E-state index contributed by atoms with van der Waals surface area (Å²) in [4.78, 5) is 61.1. The van der Waals surface area contributed by atoms with Gasteiger partial charge in [-0.05, 0) is 85.6 Å². The number of nitrogens with one attached hydrogen (secondary N) is 1. The van der Waals surface area contributed by atoms with E-state index in [1.165, 1.54) is 107 Å². The normalized spacial score (nSPS) is 10.2. The standard InChI is InChI=1S/C20H16ClFN4O4.C14H11ClFNO4.C6H7N3O/c1-10-3-4-13(30-14-5-6-15(21)26-20(14)29-2)16(17(10)22)19(28)25-11-7-8-24-12(9-11)18(23)27;1-7-3-4-8(11(12(7)16)14(18)19)21-9-5-6-10(15)17-13(9)20-2;7-4-1-2-9-5(3-4)6(8)10/h3-9H,1-2H3,(H2,23,27)(H,24,25,28);3-6H,1-2H3,(H,18,19);1-3H,(H2,7,9)(H2,8,10). The lowest BCUT2D eigenvalue weighted by Crippen LogP contribution is -2.17. The third-order valence-corrected chi connectivity index (χ3v) is 8.17. The van der Waals surface area contributed by atoms with Gasteiger partial charge in [0.25, 0.3) is 29.5 Å². The molecule has 0 aliphatic rings. The Morgan fingerprint density at radius 2 is 1.10 bits per heavy atom. The number of nitrogens with two attached hydrogens (primary N) is 3. The Morgan fingerprint density at radius 1 is 0.656 bits per heavy atom. The van der Waals surface area contributed by atoms with E-state index in [-0.39, 0.29) is 78.8 Å². The van der Waals surface area contributed by atoms with Crippen molar-refractivity contribution >= 4 is 58.3 Å². The molecule has 2 aromatic carbocycles. The number of nitrogen functional groups attached to an aromatic ring is 1. The molecule has 0 aliphatic carbocycles. The van der Waals surface area contributed by atoms with Crippen LogP contribution in [-0.2, 0) is 0 Å². The maximum absolute atomic E-state index is 14.9. The Bertz CT molecular complexity index is 2620. The summed E-state index contributed by atoms with van der Waals surface area (Å²) >= 11 is 11.6. The summed E-state index contributed by atoms with van der Waals surface area (Å²) in [5.41, 5.74) is 15.9. The lowest BCUT2D eigenvalue weighted by Gasteiger charge is -2.15. The van der Waals surface area contributed by atoms with Crippen molar-refractivity contribution in [3.05, 3.63) is 141 Å². The van der Waals surface area contributed by atoms with Gasteiger partial charge in [-0.2, -0.15) is 9.97 Å². The van der Waals surface area contributed by atoms with Gasteiger partial charge in [-0.25, -0.2) is 13.6 Å². The number of aromatic carboxylic acids is 1. The van der Waals surface area contributed by atoms with Crippen LogP contribution >= 0.6 is 23.2 Å². The number of carboxylic acids is 1. The summed E-state index contributed by atoms with van der Waals surface area (Å²) in [6.45, 7) is 2.98. The number of ether oxygens (including phenoxy) is 4. The number of hydrogen-bond donors (Lipinski definition) is 5. The molecule has 0 fully saturated rings. The molecule has 0 radical (unpaired) electrons. The van der Waals surface area contributed by atoms with Crippen LogP contribution in [0, 0.1) is 25.5 Å². The van der Waals surface area contributed by atoms with E-state index in [0.29, 0.717) is 5.69 Å². The third kappa shape index (κ3) is 12.2. The number of amides is 3. The maximum atomic E-state index is 14.9. The predicted octanol–water partition coefficient (Wildman–Crippen LogP) is 7.17.